The molecule has 0 spiro atoms. The lowest BCUT2D eigenvalue weighted by molar-refractivity contribution is -0.966. The summed E-state index contributed by atoms with van der Waals surface area (Å²) >= 11 is 0. The SMILES string of the molecule is C=CC1C[N+]2(CC(=O)c3cccc4ccccc34)CCC1CC2[C@H](O)c1ccnc2ccc(OC)cc12. The van der Waals surface area contributed by atoms with Gasteiger partial charge in [0, 0.05) is 35.9 Å². The number of nitrogens with zero attached hydrogens (tertiary/aromatic N) is 2. The van der Waals surface area contributed by atoms with Gasteiger partial charge in [0.05, 0.1) is 25.7 Å². The molecule has 0 radical (unpaired) electrons. The molecule has 3 saturated heterocycles. The summed E-state index contributed by atoms with van der Waals surface area (Å²) in [4.78, 5) is 18.5. The van der Waals surface area contributed by atoms with E-state index >= 15 is 0 Å². The zero-order chi connectivity index (χ0) is 25.6. The first-order valence-corrected chi connectivity index (χ1v) is 13.1. The molecule has 0 saturated carbocycles. The number of aliphatic hydroxyl groups excluding tert-OH is 1. The van der Waals surface area contributed by atoms with E-state index in [9.17, 15) is 9.90 Å². The van der Waals surface area contributed by atoms with Crippen molar-refractivity contribution in [2.45, 2.75) is 25.0 Å². The number of piperidine rings is 3. The number of aliphatic hydroxyl groups is 1. The Morgan fingerprint density at radius 3 is 2.84 bits per heavy atom. The van der Waals surface area contributed by atoms with E-state index in [4.69, 9.17) is 4.74 Å². The van der Waals surface area contributed by atoms with Gasteiger partial charge >= 0.3 is 0 Å². The average Bonchev–Trinajstić information content (AvgIpc) is 2.95. The molecule has 1 aromatic heterocycles. The lowest BCUT2D eigenvalue weighted by atomic mass is 9.71. The smallest absolute Gasteiger partial charge is 0.217 e. The molecule has 4 unspecified atom stereocenters. The Bertz CT molecular complexity index is 1490. The van der Waals surface area contributed by atoms with E-state index in [1.54, 1.807) is 13.3 Å². The summed E-state index contributed by atoms with van der Waals surface area (Å²) < 4.78 is 6.06. The zero-order valence-electron chi connectivity index (χ0n) is 21.2. The number of hydrogen-bond acceptors (Lipinski definition) is 4. The van der Waals surface area contributed by atoms with Crippen LogP contribution in [0.1, 0.15) is 34.9 Å². The van der Waals surface area contributed by atoms with Crippen molar-refractivity contribution in [2.75, 3.05) is 26.7 Å². The van der Waals surface area contributed by atoms with Crippen LogP contribution in [-0.4, -0.2) is 53.1 Å². The van der Waals surface area contributed by atoms with E-state index in [1.807, 2.05) is 66.7 Å². The van der Waals surface area contributed by atoms with Crippen LogP contribution < -0.4 is 4.74 Å². The molecule has 4 heterocycles. The van der Waals surface area contributed by atoms with Crippen LogP contribution in [0.3, 0.4) is 0 Å². The quantitative estimate of drug-likeness (QED) is 0.203. The lowest BCUT2D eigenvalue weighted by Crippen LogP contribution is -2.69. The van der Waals surface area contributed by atoms with Crippen molar-refractivity contribution in [3.63, 3.8) is 0 Å². The van der Waals surface area contributed by atoms with E-state index < -0.39 is 6.10 Å². The van der Waals surface area contributed by atoms with Gasteiger partial charge in [0.1, 0.15) is 24.4 Å². The maximum absolute atomic E-state index is 14.0. The molecule has 0 aliphatic carbocycles. The number of aromatic nitrogens is 1. The van der Waals surface area contributed by atoms with Crippen LogP contribution in [0.25, 0.3) is 21.7 Å². The average molecular weight is 494 g/mol. The Morgan fingerprint density at radius 1 is 1.16 bits per heavy atom. The molecule has 2 bridgehead atoms. The summed E-state index contributed by atoms with van der Waals surface area (Å²) in [5.74, 6) is 1.71. The van der Waals surface area contributed by atoms with Crippen LogP contribution >= 0.6 is 0 Å². The maximum atomic E-state index is 14.0. The number of Topliss-reactive ketones (excluding diaryl/α,β-unsaturated/α-hetero) is 1. The zero-order valence-corrected chi connectivity index (χ0v) is 21.2. The standard InChI is InChI=1S/C32H33N2O3/c1-3-21-19-34(20-31(35)26-10-6-8-22-7-4-5-9-25(22)26)16-14-23(21)17-30(34)32(36)27-13-15-33-29-12-11-24(37-2)18-28(27)29/h3-13,15,18,21,23,30,32,36H,1,14,16-17,19-20H2,2H3/q+1/t21?,23?,30?,32-,34?/m1/s1. The molecule has 1 N–H and O–H groups in total. The Kier molecular flexibility index (Phi) is 6.06. The molecular formula is C32H33N2O3+. The van der Waals surface area contributed by atoms with Gasteiger partial charge in [-0.05, 0) is 46.5 Å². The summed E-state index contributed by atoms with van der Waals surface area (Å²) in [7, 11) is 1.65. The number of hydrogen-bond donors (Lipinski definition) is 1. The molecular weight excluding hydrogens is 460 g/mol. The number of quaternary nitrogens is 1. The molecule has 0 amide bonds. The maximum Gasteiger partial charge on any atom is 0.217 e. The largest absolute Gasteiger partial charge is 0.497 e. The second-order valence-corrected chi connectivity index (χ2v) is 10.7. The third kappa shape index (κ3) is 4.03. The Hall–Kier alpha value is -3.54. The highest BCUT2D eigenvalue weighted by Gasteiger charge is 2.54. The number of pyridine rings is 1. The second kappa shape index (κ2) is 9.40. The second-order valence-electron chi connectivity index (χ2n) is 10.7. The molecule has 5 atom stereocenters. The first-order valence-electron chi connectivity index (χ1n) is 13.1. The molecule has 7 rings (SSSR count). The number of carbonyl (C=O) groups is 1. The molecule has 5 heteroatoms. The number of ketones is 1. The van der Waals surface area contributed by atoms with Crippen molar-refractivity contribution < 1.29 is 19.1 Å². The minimum absolute atomic E-state index is 0.0781. The highest BCUT2D eigenvalue weighted by atomic mass is 16.5. The van der Waals surface area contributed by atoms with Crippen molar-refractivity contribution in [1.82, 2.24) is 4.98 Å². The van der Waals surface area contributed by atoms with Crippen LogP contribution in [-0.2, 0) is 0 Å². The number of ether oxygens (including phenoxy) is 1. The Labute approximate surface area is 217 Å². The molecule has 3 aromatic carbocycles. The lowest BCUT2D eigenvalue weighted by Gasteiger charge is -2.57. The summed E-state index contributed by atoms with van der Waals surface area (Å²) in [5, 5.41) is 14.9. The van der Waals surface area contributed by atoms with Crippen molar-refractivity contribution >= 4 is 27.5 Å². The van der Waals surface area contributed by atoms with E-state index in [2.05, 4.69) is 17.6 Å². The van der Waals surface area contributed by atoms with E-state index in [-0.39, 0.29) is 11.8 Å². The normalized spacial score (nSPS) is 25.7. The predicted molar refractivity (Wildman–Crippen MR) is 147 cm³/mol. The van der Waals surface area contributed by atoms with Crippen LogP contribution in [0.4, 0.5) is 0 Å². The minimum atomic E-state index is -0.716. The van der Waals surface area contributed by atoms with Gasteiger partial charge < -0.3 is 14.3 Å². The van der Waals surface area contributed by atoms with Crippen molar-refractivity contribution in [1.29, 1.82) is 0 Å². The molecule has 4 aromatic rings. The van der Waals surface area contributed by atoms with Gasteiger partial charge in [-0.1, -0.05) is 48.5 Å². The monoisotopic (exact) mass is 493 g/mol. The first-order chi connectivity index (χ1) is 18.0. The predicted octanol–water partition coefficient (Wildman–Crippen LogP) is 5.72. The summed E-state index contributed by atoms with van der Waals surface area (Å²) in [6.45, 7) is 6.22. The van der Waals surface area contributed by atoms with E-state index in [1.165, 1.54) is 0 Å². The van der Waals surface area contributed by atoms with Gasteiger partial charge in [0.2, 0.25) is 5.78 Å². The van der Waals surface area contributed by atoms with Gasteiger partial charge in [0.25, 0.3) is 0 Å². The van der Waals surface area contributed by atoms with Crippen LogP contribution in [0.15, 0.2) is 85.6 Å². The number of benzene rings is 3. The van der Waals surface area contributed by atoms with E-state index in [0.717, 1.165) is 64.5 Å². The molecule has 3 fully saturated rings. The van der Waals surface area contributed by atoms with Gasteiger partial charge in [-0.25, -0.2) is 0 Å². The van der Waals surface area contributed by atoms with Gasteiger partial charge in [0.15, 0.2) is 0 Å². The third-order valence-corrected chi connectivity index (χ3v) is 8.89. The molecule has 37 heavy (non-hydrogen) atoms. The summed E-state index contributed by atoms with van der Waals surface area (Å²) in [6, 6.07) is 21.6. The molecule has 188 valence electrons. The summed E-state index contributed by atoms with van der Waals surface area (Å²) in [6.07, 6.45) is 5.03. The highest BCUT2D eigenvalue weighted by molar-refractivity contribution is 6.08. The fourth-order valence-corrected chi connectivity index (χ4v) is 6.96. The Balaban J connectivity index is 1.40. The first kappa shape index (κ1) is 23.8. The Morgan fingerprint density at radius 2 is 2.00 bits per heavy atom. The topological polar surface area (TPSA) is 59.4 Å². The molecule has 3 aliphatic rings. The van der Waals surface area contributed by atoms with Crippen LogP contribution in [0.2, 0.25) is 0 Å². The number of rotatable bonds is 7. The van der Waals surface area contributed by atoms with Crippen molar-refractivity contribution in [2.24, 2.45) is 11.8 Å². The van der Waals surface area contributed by atoms with E-state index in [0.29, 0.717) is 22.9 Å². The third-order valence-electron chi connectivity index (χ3n) is 8.89. The van der Waals surface area contributed by atoms with Crippen LogP contribution in [0, 0.1) is 11.8 Å². The van der Waals surface area contributed by atoms with Crippen molar-refractivity contribution in [3.05, 3.63) is 96.7 Å². The van der Waals surface area contributed by atoms with Crippen LogP contribution in [0.5, 0.6) is 5.75 Å². The number of carbonyl (C=O) groups excluding carboxylic acids is 1. The molecule has 5 nitrogen and oxygen atoms in total. The van der Waals surface area contributed by atoms with Crippen molar-refractivity contribution in [3.8, 4) is 5.75 Å². The highest BCUT2D eigenvalue weighted by Crippen LogP contribution is 2.47. The molecule has 3 aliphatic heterocycles. The summed E-state index contributed by atoms with van der Waals surface area (Å²) in [5.41, 5.74) is 2.45. The number of methoxy groups -OCH3 is 1. The van der Waals surface area contributed by atoms with Gasteiger partial charge in [-0.15, -0.1) is 6.58 Å². The minimum Gasteiger partial charge on any atom is -0.497 e. The fourth-order valence-electron chi connectivity index (χ4n) is 6.96. The number of fused-ring (bicyclic) bond motifs is 5. The van der Waals surface area contributed by atoms with Gasteiger partial charge in [-0.3, -0.25) is 9.78 Å². The fraction of sp³-hybridized carbons (Fsp3) is 0.312. The van der Waals surface area contributed by atoms with Gasteiger partial charge in [-0.2, -0.15) is 0 Å².